The Morgan fingerprint density at radius 3 is 2.28 bits per heavy atom. The van der Waals surface area contributed by atoms with Gasteiger partial charge in [-0.3, -0.25) is 0 Å². The molecule has 0 aromatic heterocycles. The van der Waals surface area contributed by atoms with Gasteiger partial charge in [-0.25, -0.2) is 0 Å². The van der Waals surface area contributed by atoms with E-state index < -0.39 is 0 Å². The second-order valence-electron chi connectivity index (χ2n) is 10.5. The van der Waals surface area contributed by atoms with E-state index in [-0.39, 0.29) is 6.10 Å². The smallest absolute Gasteiger partial charge is 0.127 e. The average molecular weight is 503 g/mol. The Kier molecular flexibility index (Phi) is 4.75. The fraction of sp³-hybridized carbons (Fsp3) is 0.0811. The van der Waals surface area contributed by atoms with Crippen LogP contribution in [0.3, 0.4) is 0 Å². The number of rotatable bonds is 6. The van der Waals surface area contributed by atoms with Crippen LogP contribution in [0.5, 0.6) is 0 Å². The molecule has 2 nitrogen and oxygen atoms in total. The number of hydrogen-bond acceptors (Lipinski definition) is 2. The minimum absolute atomic E-state index is 0.0297. The molecule has 2 heteroatoms. The second kappa shape index (κ2) is 8.34. The van der Waals surface area contributed by atoms with Gasteiger partial charge in [-0.2, -0.15) is 0 Å². The van der Waals surface area contributed by atoms with Crippen LogP contribution in [0.2, 0.25) is 0 Å². The molecule has 0 heterocycles. The Hall–Kier alpha value is -4.82. The van der Waals surface area contributed by atoms with Crippen LogP contribution in [0.15, 0.2) is 117 Å². The summed E-state index contributed by atoms with van der Waals surface area (Å²) in [6.45, 7) is 8.10. The first-order chi connectivity index (χ1) is 19.2. The summed E-state index contributed by atoms with van der Waals surface area (Å²) in [6.07, 6.45) is 3.92. The lowest BCUT2D eigenvalue weighted by atomic mass is 9.87. The number of fused-ring (bicyclic) bond motifs is 2. The van der Waals surface area contributed by atoms with E-state index in [9.17, 15) is 0 Å². The van der Waals surface area contributed by atoms with Crippen molar-refractivity contribution >= 4 is 53.9 Å². The molecule has 186 valence electrons. The highest BCUT2D eigenvalue weighted by atomic mass is 16.5. The Morgan fingerprint density at radius 2 is 1.44 bits per heavy atom. The van der Waals surface area contributed by atoms with Crippen LogP contribution in [0.25, 0.3) is 65.0 Å². The Labute approximate surface area is 226 Å². The molecule has 0 radical (unpaired) electrons. The van der Waals surface area contributed by atoms with Gasteiger partial charge >= 0.3 is 0 Å². The lowest BCUT2D eigenvalue weighted by molar-refractivity contribution is 0.153. The average Bonchev–Trinajstić information content (AvgIpc) is 3.34. The molecule has 39 heavy (non-hydrogen) atoms. The molecule has 7 aromatic carbocycles. The highest BCUT2D eigenvalue weighted by Gasteiger charge is 2.28. The molecule has 1 aliphatic rings. The van der Waals surface area contributed by atoms with Crippen molar-refractivity contribution in [3.8, 4) is 11.1 Å². The maximum atomic E-state index is 6.09. The van der Waals surface area contributed by atoms with E-state index in [2.05, 4.69) is 104 Å². The van der Waals surface area contributed by atoms with Crippen molar-refractivity contribution < 1.29 is 9.47 Å². The van der Waals surface area contributed by atoms with Crippen LogP contribution in [0, 0.1) is 0 Å². The highest BCUT2D eigenvalue weighted by molar-refractivity contribution is 6.26. The molecule has 0 fully saturated rings. The van der Waals surface area contributed by atoms with E-state index in [4.69, 9.17) is 9.47 Å². The van der Waals surface area contributed by atoms with E-state index in [0.717, 1.165) is 6.42 Å². The molecule has 1 atom stereocenters. The second-order valence-corrected chi connectivity index (χ2v) is 10.5. The third-order valence-electron chi connectivity index (χ3n) is 8.52. The molecule has 0 amide bonds. The van der Waals surface area contributed by atoms with Crippen molar-refractivity contribution in [3.05, 3.63) is 133 Å². The van der Waals surface area contributed by atoms with Crippen LogP contribution >= 0.6 is 0 Å². The van der Waals surface area contributed by atoms with Crippen molar-refractivity contribution in [2.24, 2.45) is 0 Å². The number of ether oxygens (including phenoxy) is 2. The van der Waals surface area contributed by atoms with E-state index in [1.165, 1.54) is 87.9 Å². The van der Waals surface area contributed by atoms with Crippen LogP contribution in [-0.2, 0) is 22.5 Å². The van der Waals surface area contributed by atoms with Gasteiger partial charge in [0.05, 0.1) is 12.5 Å². The summed E-state index contributed by atoms with van der Waals surface area (Å²) in [6, 6.07) is 33.6. The molecule has 0 N–H and O–H groups in total. The molecular weight excluding hydrogens is 476 g/mol. The fourth-order valence-corrected chi connectivity index (χ4v) is 6.89. The van der Waals surface area contributed by atoms with Gasteiger partial charge in [-0.05, 0) is 94.3 Å². The first kappa shape index (κ1) is 22.2. The van der Waals surface area contributed by atoms with Crippen molar-refractivity contribution in [1.82, 2.24) is 0 Å². The Morgan fingerprint density at radius 1 is 0.667 bits per heavy atom. The first-order valence-electron chi connectivity index (χ1n) is 13.4. The zero-order valence-corrected chi connectivity index (χ0v) is 21.5. The van der Waals surface area contributed by atoms with Gasteiger partial charge in [0.2, 0.25) is 0 Å². The normalized spacial score (nSPS) is 14.6. The van der Waals surface area contributed by atoms with Gasteiger partial charge in [0.1, 0.15) is 12.7 Å². The molecule has 7 aromatic rings. The van der Waals surface area contributed by atoms with Crippen molar-refractivity contribution in [2.45, 2.75) is 19.1 Å². The summed E-state index contributed by atoms with van der Waals surface area (Å²) in [5, 5.41) is 12.8. The van der Waals surface area contributed by atoms with Gasteiger partial charge in [0.25, 0.3) is 0 Å². The molecule has 8 rings (SSSR count). The van der Waals surface area contributed by atoms with E-state index in [0.29, 0.717) is 6.61 Å². The summed E-state index contributed by atoms with van der Waals surface area (Å²) in [4.78, 5) is 0. The third kappa shape index (κ3) is 3.15. The summed E-state index contributed by atoms with van der Waals surface area (Å²) in [5.74, 6) is 0. The summed E-state index contributed by atoms with van der Waals surface area (Å²) >= 11 is 0. The monoisotopic (exact) mass is 502 g/mol. The zero-order chi connectivity index (χ0) is 26.1. The predicted molar refractivity (Wildman–Crippen MR) is 163 cm³/mol. The lowest BCUT2D eigenvalue weighted by Gasteiger charge is -2.17. The van der Waals surface area contributed by atoms with Crippen molar-refractivity contribution in [2.75, 3.05) is 0 Å². The number of benzene rings is 7. The van der Waals surface area contributed by atoms with Gasteiger partial charge in [-0.1, -0.05) is 86.0 Å². The van der Waals surface area contributed by atoms with Crippen molar-refractivity contribution in [3.63, 3.8) is 0 Å². The first-order valence-corrected chi connectivity index (χ1v) is 13.4. The molecule has 0 saturated carbocycles. The molecular formula is C37H26O2. The zero-order valence-electron chi connectivity index (χ0n) is 21.5. The van der Waals surface area contributed by atoms with E-state index >= 15 is 0 Å². The van der Waals surface area contributed by atoms with E-state index in [1.54, 1.807) is 6.26 Å². The summed E-state index contributed by atoms with van der Waals surface area (Å²) in [5.41, 5.74) is 6.25. The van der Waals surface area contributed by atoms with Gasteiger partial charge in [-0.15, -0.1) is 0 Å². The van der Waals surface area contributed by atoms with E-state index in [1.807, 2.05) is 0 Å². The standard InChI is InChI=1S/C37H26O2/c1-3-38-21-25-12-11-22-9-10-23-13-14-29(31-16-15-30(25)36(22)37(23)31)26-18-27-17-24-7-5-6-8-28(24)32-20-34(39-4-2)33(19-26)35(27)32/h3-19,34H,1-2,20-21H2. The van der Waals surface area contributed by atoms with Gasteiger partial charge < -0.3 is 9.47 Å². The lowest BCUT2D eigenvalue weighted by Crippen LogP contribution is -1.98. The topological polar surface area (TPSA) is 18.5 Å². The predicted octanol–water partition coefficient (Wildman–Crippen LogP) is 9.97. The van der Waals surface area contributed by atoms with Crippen molar-refractivity contribution in [1.29, 1.82) is 0 Å². The maximum Gasteiger partial charge on any atom is 0.127 e. The molecule has 0 saturated heterocycles. The van der Waals surface area contributed by atoms with Crippen LogP contribution < -0.4 is 0 Å². The molecule has 0 bridgehead atoms. The van der Waals surface area contributed by atoms with Crippen LogP contribution in [0.4, 0.5) is 0 Å². The number of hydrogen-bond donors (Lipinski definition) is 0. The third-order valence-corrected chi connectivity index (χ3v) is 8.52. The minimum Gasteiger partial charge on any atom is -0.497 e. The largest absolute Gasteiger partial charge is 0.497 e. The van der Waals surface area contributed by atoms with Gasteiger partial charge in [0, 0.05) is 12.0 Å². The molecule has 0 aliphatic heterocycles. The minimum atomic E-state index is -0.0297. The molecule has 0 spiro atoms. The summed E-state index contributed by atoms with van der Waals surface area (Å²) in [7, 11) is 0. The Balaban J connectivity index is 1.42. The summed E-state index contributed by atoms with van der Waals surface area (Å²) < 4.78 is 11.7. The fourth-order valence-electron chi connectivity index (χ4n) is 6.89. The van der Waals surface area contributed by atoms with Crippen LogP contribution in [0.1, 0.15) is 22.8 Å². The molecule has 1 aliphatic carbocycles. The van der Waals surface area contributed by atoms with Crippen LogP contribution in [-0.4, -0.2) is 0 Å². The Bertz CT molecular complexity index is 2120. The quantitative estimate of drug-likeness (QED) is 0.128. The van der Waals surface area contributed by atoms with Gasteiger partial charge in [0.15, 0.2) is 0 Å². The maximum absolute atomic E-state index is 6.09. The molecule has 1 unspecified atom stereocenters. The highest BCUT2D eigenvalue weighted by Crippen LogP contribution is 2.47. The SMILES string of the molecule is C=COCc1ccc2ccc3ccc(-c4cc5c6c(c7ccccc7cc6c4)CC5OC=C)c4ccc1c2c34.